The van der Waals surface area contributed by atoms with Gasteiger partial charge in [0.1, 0.15) is 12.4 Å². The first-order valence-electron chi connectivity index (χ1n) is 10.5. The van der Waals surface area contributed by atoms with Crippen molar-refractivity contribution in [2.24, 2.45) is 10.7 Å². The van der Waals surface area contributed by atoms with Gasteiger partial charge in [0.2, 0.25) is 0 Å². The lowest BCUT2D eigenvalue weighted by molar-refractivity contribution is -0.145. The Kier molecular flexibility index (Phi) is 9.99. The van der Waals surface area contributed by atoms with Crippen LogP contribution in [-0.2, 0) is 0 Å². The predicted octanol–water partition coefficient (Wildman–Crippen LogP) is 3.86. The molecule has 2 aromatic rings. The molecule has 1 atom stereocenters. The van der Waals surface area contributed by atoms with E-state index in [0.717, 1.165) is 18.6 Å². The number of amides is 2. The zero-order chi connectivity index (χ0) is 27.6. The molecular formula is C22H24F6N8O. The molecule has 0 bridgehead atoms. The van der Waals surface area contributed by atoms with Gasteiger partial charge in [-0.2, -0.15) is 26.3 Å². The number of aromatic nitrogens is 2. The maximum absolute atomic E-state index is 13.1. The number of urea groups is 1. The third-order valence-electron chi connectivity index (χ3n) is 4.61. The van der Waals surface area contributed by atoms with Gasteiger partial charge in [-0.1, -0.05) is 12.1 Å². The lowest BCUT2D eigenvalue weighted by atomic mass is 10.1. The average molecular weight is 530 g/mol. The molecule has 0 spiro atoms. The van der Waals surface area contributed by atoms with Crippen LogP contribution >= 0.6 is 0 Å². The van der Waals surface area contributed by atoms with Crippen LogP contribution in [0.5, 0.6) is 0 Å². The number of aliphatic imine (C=N–C) groups is 1. The summed E-state index contributed by atoms with van der Waals surface area (Å²) in [5.74, 6) is 0.227. The predicted molar refractivity (Wildman–Crippen MR) is 128 cm³/mol. The molecule has 0 aliphatic heterocycles. The normalized spacial score (nSPS) is 14.0. The summed E-state index contributed by atoms with van der Waals surface area (Å²) in [5, 5.41) is 14.0. The summed E-state index contributed by atoms with van der Waals surface area (Å²) < 4.78 is 76.0. The van der Waals surface area contributed by atoms with E-state index in [4.69, 9.17) is 11.1 Å². The van der Waals surface area contributed by atoms with E-state index in [2.05, 4.69) is 25.6 Å². The van der Waals surface area contributed by atoms with Gasteiger partial charge in [0.15, 0.2) is 6.04 Å². The van der Waals surface area contributed by atoms with Crippen molar-refractivity contribution >= 4 is 30.2 Å². The molecule has 1 aromatic carbocycles. The smallest absolute Gasteiger partial charge is 0.404 e. The standard InChI is InChI=1S/C22H24F6N8O/c1-31-11-18(22(26,27)28)32-9-15(8-30)14(7-29)6-19-33-10-17(36-19)13-3-2-4-16(5-13)35-20(37)34-12-21(23,24)25/h2-10,18,29,31H,11-12,30H2,1H3,(H,33,36)(H2,34,35,37)/b14-6+,15-8?,29-7?,32-9?. The van der Waals surface area contributed by atoms with E-state index in [0.29, 0.717) is 11.3 Å². The second-order valence-electron chi connectivity index (χ2n) is 7.45. The zero-order valence-corrected chi connectivity index (χ0v) is 19.3. The minimum Gasteiger partial charge on any atom is -0.404 e. The molecular weight excluding hydrogens is 506 g/mol. The lowest BCUT2D eigenvalue weighted by Crippen LogP contribution is -2.36. The summed E-state index contributed by atoms with van der Waals surface area (Å²) in [7, 11) is 1.36. The number of allylic oxidation sites excluding steroid dienone is 2. The Morgan fingerprint density at radius 1 is 1.24 bits per heavy atom. The summed E-state index contributed by atoms with van der Waals surface area (Å²) in [6.07, 6.45) is -3.53. The highest BCUT2D eigenvalue weighted by molar-refractivity contribution is 6.01. The molecule has 1 unspecified atom stereocenters. The highest BCUT2D eigenvalue weighted by atomic mass is 19.4. The van der Waals surface area contributed by atoms with Crippen LogP contribution in [0.2, 0.25) is 0 Å². The number of rotatable bonds is 10. The molecule has 0 saturated heterocycles. The molecule has 2 amide bonds. The Morgan fingerprint density at radius 2 is 1.97 bits per heavy atom. The zero-order valence-electron chi connectivity index (χ0n) is 19.3. The second kappa shape index (κ2) is 12.7. The van der Waals surface area contributed by atoms with Gasteiger partial charge < -0.3 is 32.1 Å². The number of aromatic amines is 1. The molecule has 0 aliphatic rings. The first kappa shape index (κ1) is 29.1. The largest absolute Gasteiger partial charge is 0.411 e. The van der Waals surface area contributed by atoms with Crippen LogP contribution < -0.4 is 21.7 Å². The third-order valence-corrected chi connectivity index (χ3v) is 4.61. The molecule has 0 saturated carbocycles. The summed E-state index contributed by atoms with van der Waals surface area (Å²) in [6.45, 7) is -1.93. The van der Waals surface area contributed by atoms with Crippen molar-refractivity contribution in [1.82, 2.24) is 20.6 Å². The third kappa shape index (κ3) is 9.44. The Balaban J connectivity index is 2.20. The van der Waals surface area contributed by atoms with Crippen molar-refractivity contribution in [2.45, 2.75) is 18.4 Å². The number of carbonyl (C=O) groups is 1. The number of H-pyrrole nitrogens is 1. The van der Waals surface area contributed by atoms with Gasteiger partial charge in [-0.25, -0.2) is 9.78 Å². The van der Waals surface area contributed by atoms with Crippen molar-refractivity contribution < 1.29 is 31.1 Å². The van der Waals surface area contributed by atoms with Crippen LogP contribution in [0.4, 0.5) is 36.8 Å². The highest BCUT2D eigenvalue weighted by Crippen LogP contribution is 2.24. The highest BCUT2D eigenvalue weighted by Gasteiger charge is 2.38. The Morgan fingerprint density at radius 3 is 2.57 bits per heavy atom. The van der Waals surface area contributed by atoms with E-state index in [-0.39, 0.29) is 22.7 Å². The SMILES string of the molecule is CNCC(N=CC(=CN)/C(C=N)=C/c1ncc(-c2cccc(NC(=O)NCC(F)(F)F)c2)[nH]1)C(F)(F)F. The van der Waals surface area contributed by atoms with Crippen molar-refractivity contribution in [2.75, 3.05) is 25.5 Å². The Bertz CT molecular complexity index is 1170. The topological polar surface area (TPSA) is 144 Å². The molecule has 37 heavy (non-hydrogen) atoms. The first-order valence-corrected chi connectivity index (χ1v) is 10.5. The van der Waals surface area contributed by atoms with Crippen LogP contribution in [0, 0.1) is 5.41 Å². The fraction of sp³-hybridized carbons (Fsp3) is 0.273. The number of imidazole rings is 1. The van der Waals surface area contributed by atoms with E-state index < -0.39 is 37.5 Å². The quantitative estimate of drug-likeness (QED) is 0.157. The monoisotopic (exact) mass is 530 g/mol. The van der Waals surface area contributed by atoms with Gasteiger partial charge in [0.25, 0.3) is 0 Å². The number of nitrogens with zero attached hydrogens (tertiary/aromatic N) is 2. The number of alkyl halides is 6. The number of hydrogen-bond acceptors (Lipinski definition) is 6. The maximum Gasteiger partial charge on any atom is 0.411 e. The number of halogens is 6. The number of nitrogens with one attached hydrogen (secondary N) is 5. The van der Waals surface area contributed by atoms with Gasteiger partial charge in [0, 0.05) is 47.6 Å². The van der Waals surface area contributed by atoms with E-state index in [1.807, 2.05) is 0 Å². The molecule has 1 heterocycles. The summed E-state index contributed by atoms with van der Waals surface area (Å²) in [6, 6.07) is 3.12. The molecule has 0 radical (unpaired) electrons. The van der Waals surface area contributed by atoms with E-state index in [1.165, 1.54) is 31.5 Å². The van der Waals surface area contributed by atoms with E-state index in [1.54, 1.807) is 17.4 Å². The second-order valence-corrected chi connectivity index (χ2v) is 7.45. The maximum atomic E-state index is 13.1. The molecule has 7 N–H and O–H groups in total. The summed E-state index contributed by atoms with van der Waals surface area (Å²) in [5.41, 5.74) is 6.90. The number of benzene rings is 1. The molecule has 9 nitrogen and oxygen atoms in total. The molecule has 0 fully saturated rings. The van der Waals surface area contributed by atoms with Gasteiger partial charge in [-0.05, 0) is 25.3 Å². The minimum absolute atomic E-state index is 0.0503. The minimum atomic E-state index is -4.58. The van der Waals surface area contributed by atoms with Crippen molar-refractivity contribution in [1.29, 1.82) is 5.41 Å². The Hall–Kier alpha value is -4.14. The molecule has 2 rings (SSSR count). The molecule has 0 aliphatic carbocycles. The number of nitrogens with two attached hydrogens (primary N) is 1. The fourth-order valence-corrected chi connectivity index (χ4v) is 2.86. The van der Waals surface area contributed by atoms with Crippen LogP contribution in [0.15, 0.2) is 52.8 Å². The van der Waals surface area contributed by atoms with E-state index >= 15 is 0 Å². The van der Waals surface area contributed by atoms with Crippen molar-refractivity contribution in [3.63, 3.8) is 0 Å². The molecule has 200 valence electrons. The fourth-order valence-electron chi connectivity index (χ4n) is 2.86. The number of carbonyl (C=O) groups excluding carboxylic acids is 1. The summed E-state index contributed by atoms with van der Waals surface area (Å²) in [4.78, 5) is 22.3. The number of likely N-dealkylation sites (N-methyl/N-ethyl adjacent to an activating group) is 1. The number of hydrogen-bond donors (Lipinski definition) is 6. The van der Waals surface area contributed by atoms with Gasteiger partial charge in [0.05, 0.1) is 11.9 Å². The molecule has 1 aromatic heterocycles. The van der Waals surface area contributed by atoms with Crippen LogP contribution in [0.25, 0.3) is 17.3 Å². The lowest BCUT2D eigenvalue weighted by Gasteiger charge is -2.15. The molecule has 15 heteroatoms. The summed E-state index contributed by atoms with van der Waals surface area (Å²) >= 11 is 0. The van der Waals surface area contributed by atoms with Crippen LogP contribution in [0.1, 0.15) is 5.82 Å². The van der Waals surface area contributed by atoms with Crippen LogP contribution in [0.3, 0.4) is 0 Å². The Labute approximate surface area is 207 Å². The van der Waals surface area contributed by atoms with E-state index in [9.17, 15) is 31.1 Å². The average Bonchev–Trinajstić information content (AvgIpc) is 3.29. The van der Waals surface area contributed by atoms with Gasteiger partial charge in [-0.3, -0.25) is 4.99 Å². The van der Waals surface area contributed by atoms with Crippen LogP contribution in [-0.4, -0.2) is 67.0 Å². The number of anilines is 1. The van der Waals surface area contributed by atoms with Gasteiger partial charge >= 0.3 is 18.4 Å². The van der Waals surface area contributed by atoms with Gasteiger partial charge in [-0.15, -0.1) is 0 Å². The van der Waals surface area contributed by atoms with Crippen molar-refractivity contribution in [3.8, 4) is 11.3 Å². The first-order chi connectivity index (χ1) is 17.4. The van der Waals surface area contributed by atoms with Crippen molar-refractivity contribution in [3.05, 3.63) is 53.6 Å².